The van der Waals surface area contributed by atoms with Crippen molar-refractivity contribution >= 4 is 40.9 Å². The van der Waals surface area contributed by atoms with Crippen LogP contribution in [-0.2, 0) is 16.0 Å². The zero-order chi connectivity index (χ0) is 22.5. The molecule has 0 fully saturated rings. The van der Waals surface area contributed by atoms with Crippen LogP contribution in [0.3, 0.4) is 0 Å². The first-order chi connectivity index (χ1) is 15.6. The maximum Gasteiger partial charge on any atom is 0.338 e. The largest absolute Gasteiger partial charge is 0.460 e. The van der Waals surface area contributed by atoms with Crippen molar-refractivity contribution in [3.05, 3.63) is 88.4 Å². The van der Waals surface area contributed by atoms with Crippen LogP contribution in [0.4, 0.5) is 5.69 Å². The third-order valence-electron chi connectivity index (χ3n) is 4.96. The van der Waals surface area contributed by atoms with Gasteiger partial charge in [0.2, 0.25) is 0 Å². The highest BCUT2D eigenvalue weighted by Crippen LogP contribution is 2.42. The van der Waals surface area contributed by atoms with Crippen LogP contribution in [0.5, 0.6) is 0 Å². The number of rotatable bonds is 7. The molecule has 3 aromatic rings. The Balaban J connectivity index is 1.71. The third-order valence-corrected chi connectivity index (χ3v) is 6.34. The number of fused-ring (bicyclic) bond motifs is 2. The monoisotopic (exact) mass is 467 g/mol. The zero-order valence-corrected chi connectivity index (χ0v) is 19.1. The Kier molecular flexibility index (Phi) is 7.15. The summed E-state index contributed by atoms with van der Waals surface area (Å²) in [6.45, 7) is 3.29. The smallest absolute Gasteiger partial charge is 0.338 e. The van der Waals surface area contributed by atoms with E-state index in [1.807, 2.05) is 55.5 Å². The van der Waals surface area contributed by atoms with Gasteiger partial charge in [-0.3, -0.25) is 4.79 Å². The molecule has 0 spiro atoms. The molecule has 0 radical (unpaired) electrons. The second-order valence-electron chi connectivity index (χ2n) is 7.13. The number of ether oxygens (including phenoxy) is 2. The van der Waals surface area contributed by atoms with Crippen molar-refractivity contribution in [3.63, 3.8) is 0 Å². The highest BCUT2D eigenvalue weighted by molar-refractivity contribution is 7.99. The van der Waals surface area contributed by atoms with E-state index in [4.69, 9.17) is 21.1 Å². The molecule has 0 atom stereocenters. The maximum absolute atomic E-state index is 13.6. The average molecular weight is 468 g/mol. The minimum atomic E-state index is -0.450. The second kappa shape index (κ2) is 10.2. The van der Waals surface area contributed by atoms with Crippen molar-refractivity contribution in [3.8, 4) is 0 Å². The van der Waals surface area contributed by atoms with Gasteiger partial charge in [0.15, 0.2) is 0 Å². The summed E-state index contributed by atoms with van der Waals surface area (Å²) >= 11 is 7.68. The standard InChI is InChI=1S/C25H22ClNO4S/c1-2-30-12-13-31-25(29)18-10-11-23-21(15-18)27(16-17-6-5-7-19(26)14-17)24(28)20-8-3-4-9-22(20)32-23/h3-11,14-15H,2,12-13,16H2,1H3. The van der Waals surface area contributed by atoms with Crippen LogP contribution in [0.25, 0.3) is 0 Å². The lowest BCUT2D eigenvalue weighted by molar-refractivity contribution is 0.0335. The van der Waals surface area contributed by atoms with E-state index >= 15 is 0 Å². The van der Waals surface area contributed by atoms with Gasteiger partial charge in [-0.1, -0.05) is 47.6 Å². The molecular formula is C25H22ClNO4S. The summed E-state index contributed by atoms with van der Waals surface area (Å²) < 4.78 is 10.5. The van der Waals surface area contributed by atoms with Gasteiger partial charge in [0.25, 0.3) is 5.91 Å². The van der Waals surface area contributed by atoms with E-state index in [2.05, 4.69) is 0 Å². The number of hydrogen-bond acceptors (Lipinski definition) is 5. The molecule has 1 aliphatic heterocycles. The number of anilines is 1. The molecule has 0 bridgehead atoms. The fourth-order valence-electron chi connectivity index (χ4n) is 3.44. The van der Waals surface area contributed by atoms with Crippen LogP contribution < -0.4 is 4.90 Å². The van der Waals surface area contributed by atoms with Gasteiger partial charge in [0, 0.05) is 21.4 Å². The number of halogens is 1. The number of esters is 1. The molecular weight excluding hydrogens is 446 g/mol. The zero-order valence-electron chi connectivity index (χ0n) is 17.5. The average Bonchev–Trinajstić information content (AvgIpc) is 2.91. The second-order valence-corrected chi connectivity index (χ2v) is 8.65. The maximum atomic E-state index is 13.6. The summed E-state index contributed by atoms with van der Waals surface area (Å²) in [4.78, 5) is 29.6. The van der Waals surface area contributed by atoms with Crippen molar-refractivity contribution in [2.24, 2.45) is 0 Å². The Hall–Kier alpha value is -2.80. The van der Waals surface area contributed by atoms with Gasteiger partial charge in [-0.15, -0.1) is 0 Å². The highest BCUT2D eigenvalue weighted by Gasteiger charge is 2.28. The predicted molar refractivity (Wildman–Crippen MR) is 126 cm³/mol. The van der Waals surface area contributed by atoms with Crippen molar-refractivity contribution in [1.82, 2.24) is 0 Å². The molecule has 0 aromatic heterocycles. The molecule has 0 N–H and O–H groups in total. The first-order valence-electron chi connectivity index (χ1n) is 10.3. The fraction of sp³-hybridized carbons (Fsp3) is 0.200. The molecule has 5 nitrogen and oxygen atoms in total. The number of carbonyl (C=O) groups is 2. The summed E-state index contributed by atoms with van der Waals surface area (Å²) in [5.41, 5.74) is 2.56. The molecule has 7 heteroatoms. The van der Waals surface area contributed by atoms with E-state index < -0.39 is 5.97 Å². The van der Waals surface area contributed by atoms with Crippen LogP contribution in [0.1, 0.15) is 33.2 Å². The summed E-state index contributed by atoms with van der Waals surface area (Å²) in [5.74, 6) is -0.580. The number of carbonyl (C=O) groups excluding carboxylic acids is 2. The van der Waals surface area contributed by atoms with Crippen LogP contribution in [-0.4, -0.2) is 31.7 Å². The van der Waals surface area contributed by atoms with Gasteiger partial charge in [0.05, 0.1) is 30.0 Å². The normalized spacial score (nSPS) is 12.7. The lowest BCUT2D eigenvalue weighted by Gasteiger charge is -2.24. The van der Waals surface area contributed by atoms with Crippen molar-refractivity contribution in [2.75, 3.05) is 24.7 Å². The lowest BCUT2D eigenvalue weighted by atomic mass is 10.1. The van der Waals surface area contributed by atoms with E-state index in [0.717, 1.165) is 15.4 Å². The minimum absolute atomic E-state index is 0.131. The SMILES string of the molecule is CCOCCOC(=O)c1ccc2c(c1)N(Cc1cccc(Cl)c1)C(=O)c1ccccc1S2. The fourth-order valence-corrected chi connectivity index (χ4v) is 4.71. The molecule has 32 heavy (non-hydrogen) atoms. The number of amides is 1. The van der Waals surface area contributed by atoms with Crippen LogP contribution in [0, 0.1) is 0 Å². The number of nitrogens with zero attached hydrogens (tertiary/aromatic N) is 1. The third kappa shape index (κ3) is 4.99. The molecule has 0 aliphatic carbocycles. The molecule has 3 aromatic carbocycles. The topological polar surface area (TPSA) is 55.8 Å². The quantitative estimate of drug-likeness (QED) is 0.322. The Labute approximate surface area is 196 Å². The first kappa shape index (κ1) is 22.4. The molecule has 0 saturated carbocycles. The Morgan fingerprint density at radius 1 is 1.00 bits per heavy atom. The molecule has 4 rings (SSSR count). The molecule has 1 heterocycles. The Bertz CT molecular complexity index is 1150. The van der Waals surface area contributed by atoms with E-state index in [-0.39, 0.29) is 12.5 Å². The molecule has 0 saturated heterocycles. The molecule has 1 aliphatic rings. The molecule has 1 amide bonds. The van der Waals surface area contributed by atoms with Crippen LogP contribution in [0.15, 0.2) is 76.5 Å². The summed E-state index contributed by atoms with van der Waals surface area (Å²) in [7, 11) is 0. The van der Waals surface area contributed by atoms with Gasteiger partial charge in [-0.25, -0.2) is 4.79 Å². The Morgan fingerprint density at radius 2 is 1.84 bits per heavy atom. The highest BCUT2D eigenvalue weighted by atomic mass is 35.5. The van der Waals surface area contributed by atoms with Gasteiger partial charge in [0.1, 0.15) is 6.61 Å². The lowest BCUT2D eigenvalue weighted by Crippen LogP contribution is -2.30. The summed E-state index contributed by atoms with van der Waals surface area (Å²) in [6.07, 6.45) is 0. The first-order valence-corrected chi connectivity index (χ1v) is 11.5. The summed E-state index contributed by atoms with van der Waals surface area (Å²) in [6, 6.07) is 20.2. The molecule has 0 unspecified atom stereocenters. The van der Waals surface area contributed by atoms with E-state index in [1.54, 1.807) is 23.1 Å². The van der Waals surface area contributed by atoms with E-state index in [9.17, 15) is 9.59 Å². The van der Waals surface area contributed by atoms with Gasteiger partial charge < -0.3 is 14.4 Å². The summed E-state index contributed by atoms with van der Waals surface area (Å²) in [5, 5.41) is 0.603. The van der Waals surface area contributed by atoms with Gasteiger partial charge in [-0.05, 0) is 55.0 Å². The number of hydrogen-bond donors (Lipinski definition) is 0. The van der Waals surface area contributed by atoms with E-state index in [0.29, 0.717) is 41.6 Å². The number of benzene rings is 3. The molecule has 164 valence electrons. The van der Waals surface area contributed by atoms with E-state index in [1.165, 1.54) is 11.8 Å². The van der Waals surface area contributed by atoms with Gasteiger partial charge in [-0.2, -0.15) is 0 Å². The van der Waals surface area contributed by atoms with Crippen molar-refractivity contribution in [1.29, 1.82) is 0 Å². The van der Waals surface area contributed by atoms with Crippen molar-refractivity contribution in [2.45, 2.75) is 23.3 Å². The van der Waals surface area contributed by atoms with Gasteiger partial charge >= 0.3 is 5.97 Å². The Morgan fingerprint density at radius 3 is 2.66 bits per heavy atom. The minimum Gasteiger partial charge on any atom is -0.460 e. The van der Waals surface area contributed by atoms with Crippen molar-refractivity contribution < 1.29 is 19.1 Å². The van der Waals surface area contributed by atoms with Crippen LogP contribution in [0.2, 0.25) is 5.02 Å². The predicted octanol–water partition coefficient (Wildman–Crippen LogP) is 5.84. The van der Waals surface area contributed by atoms with Crippen LogP contribution >= 0.6 is 23.4 Å².